The van der Waals surface area contributed by atoms with E-state index in [0.717, 1.165) is 18.9 Å². The first kappa shape index (κ1) is 16.2. The molecule has 0 saturated heterocycles. The summed E-state index contributed by atoms with van der Waals surface area (Å²) in [5.74, 6) is 0.831. The van der Waals surface area contributed by atoms with E-state index in [9.17, 15) is 0 Å². The van der Waals surface area contributed by atoms with Gasteiger partial charge in [-0.3, -0.25) is 0 Å². The van der Waals surface area contributed by atoms with Crippen LogP contribution >= 0.6 is 11.3 Å². The van der Waals surface area contributed by atoms with Crippen molar-refractivity contribution in [1.29, 1.82) is 0 Å². The number of aromatic nitrogens is 4. The van der Waals surface area contributed by atoms with Crippen LogP contribution in [0, 0.1) is 0 Å². The van der Waals surface area contributed by atoms with E-state index in [1.54, 1.807) is 11.3 Å². The molecule has 0 unspecified atom stereocenters. The van der Waals surface area contributed by atoms with Crippen molar-refractivity contribution in [1.82, 2.24) is 20.2 Å². The molecule has 0 amide bonds. The SMILES string of the molecule is c1ccc(CN2c3nnnn3[C@@H](c3ccccc3)C[C@H]2c2cccs2)cc1. The van der Waals surface area contributed by atoms with Gasteiger partial charge >= 0.3 is 0 Å². The molecule has 2 aromatic heterocycles. The van der Waals surface area contributed by atoms with Crippen molar-refractivity contribution in [3.8, 4) is 0 Å². The first-order chi connectivity index (χ1) is 13.4. The summed E-state index contributed by atoms with van der Waals surface area (Å²) in [6, 6.07) is 25.8. The molecule has 1 aliphatic heterocycles. The van der Waals surface area contributed by atoms with Gasteiger partial charge in [0.05, 0.1) is 12.1 Å². The minimum Gasteiger partial charge on any atom is -0.327 e. The number of benzene rings is 2. The Morgan fingerprint density at radius 3 is 2.41 bits per heavy atom. The van der Waals surface area contributed by atoms with E-state index < -0.39 is 0 Å². The van der Waals surface area contributed by atoms with Crippen molar-refractivity contribution >= 4 is 17.3 Å². The molecule has 0 fully saturated rings. The van der Waals surface area contributed by atoms with Crippen LogP contribution in [0.4, 0.5) is 5.95 Å². The van der Waals surface area contributed by atoms with Gasteiger partial charge in [-0.2, -0.15) is 0 Å². The molecule has 0 spiro atoms. The lowest BCUT2D eigenvalue weighted by Crippen LogP contribution is -2.38. The second kappa shape index (κ2) is 6.96. The van der Waals surface area contributed by atoms with Crippen LogP contribution in [0.5, 0.6) is 0 Å². The molecule has 5 nitrogen and oxygen atoms in total. The molecule has 2 atom stereocenters. The van der Waals surface area contributed by atoms with Crippen molar-refractivity contribution in [3.63, 3.8) is 0 Å². The molecular weight excluding hydrogens is 354 g/mol. The van der Waals surface area contributed by atoms with E-state index in [1.807, 2.05) is 16.8 Å². The zero-order chi connectivity index (χ0) is 18.1. The lowest BCUT2D eigenvalue weighted by Gasteiger charge is -2.39. The van der Waals surface area contributed by atoms with Crippen molar-refractivity contribution in [2.24, 2.45) is 0 Å². The number of anilines is 1. The second-order valence-corrected chi connectivity index (χ2v) is 7.71. The fraction of sp³-hybridized carbons (Fsp3) is 0.190. The highest BCUT2D eigenvalue weighted by Crippen LogP contribution is 2.43. The van der Waals surface area contributed by atoms with Crippen molar-refractivity contribution < 1.29 is 0 Å². The van der Waals surface area contributed by atoms with E-state index in [2.05, 4.69) is 86.5 Å². The topological polar surface area (TPSA) is 46.8 Å². The van der Waals surface area contributed by atoms with Gasteiger partial charge in [0.15, 0.2) is 0 Å². The van der Waals surface area contributed by atoms with Crippen LogP contribution in [0.15, 0.2) is 78.2 Å². The average molecular weight is 373 g/mol. The van der Waals surface area contributed by atoms with Gasteiger partial charge in [-0.25, -0.2) is 4.68 Å². The molecule has 0 radical (unpaired) electrons. The van der Waals surface area contributed by atoms with E-state index in [4.69, 9.17) is 0 Å². The van der Waals surface area contributed by atoms with Crippen LogP contribution < -0.4 is 4.90 Å². The molecular formula is C21H19N5S. The highest BCUT2D eigenvalue weighted by Gasteiger charge is 2.37. The van der Waals surface area contributed by atoms with Crippen LogP contribution in [0.2, 0.25) is 0 Å². The number of hydrogen-bond donors (Lipinski definition) is 0. The Morgan fingerprint density at radius 2 is 1.67 bits per heavy atom. The summed E-state index contributed by atoms with van der Waals surface area (Å²) in [5.41, 5.74) is 2.50. The lowest BCUT2D eigenvalue weighted by atomic mass is 9.95. The van der Waals surface area contributed by atoms with Crippen molar-refractivity contribution in [2.45, 2.75) is 25.0 Å². The molecule has 0 bridgehead atoms. The van der Waals surface area contributed by atoms with Gasteiger partial charge in [0.1, 0.15) is 0 Å². The molecule has 1 aliphatic rings. The second-order valence-electron chi connectivity index (χ2n) is 6.73. The molecule has 0 aliphatic carbocycles. The predicted molar refractivity (Wildman–Crippen MR) is 107 cm³/mol. The quantitative estimate of drug-likeness (QED) is 0.529. The van der Waals surface area contributed by atoms with Crippen molar-refractivity contribution in [2.75, 3.05) is 4.90 Å². The number of fused-ring (bicyclic) bond motifs is 1. The van der Waals surface area contributed by atoms with E-state index in [1.165, 1.54) is 16.0 Å². The summed E-state index contributed by atoms with van der Waals surface area (Å²) >= 11 is 1.80. The maximum Gasteiger partial charge on any atom is 0.246 e. The van der Waals surface area contributed by atoms with Gasteiger partial charge in [-0.1, -0.05) is 71.8 Å². The van der Waals surface area contributed by atoms with Gasteiger partial charge in [0, 0.05) is 11.4 Å². The van der Waals surface area contributed by atoms with Gasteiger partial charge in [-0.15, -0.1) is 11.3 Å². The summed E-state index contributed by atoms with van der Waals surface area (Å²) < 4.78 is 1.97. The third kappa shape index (κ3) is 3.02. The minimum atomic E-state index is 0.135. The van der Waals surface area contributed by atoms with Gasteiger partial charge < -0.3 is 4.90 Å². The molecule has 134 valence electrons. The Bertz CT molecular complexity index is 998. The summed E-state index contributed by atoms with van der Waals surface area (Å²) in [6.07, 6.45) is 0.940. The number of nitrogens with zero attached hydrogens (tertiary/aromatic N) is 5. The normalized spacial score (nSPS) is 19.0. The Balaban J connectivity index is 1.59. The standard InChI is InChI=1S/C21H19N5S/c1-3-8-16(9-4-1)15-25-19(20-12-7-13-27-20)14-18(17-10-5-2-6-11-17)26-21(25)22-23-24-26/h1-13,18-19H,14-15H2/t18-,19+/m1/s1. The predicted octanol–water partition coefficient (Wildman–Crippen LogP) is 4.48. The maximum absolute atomic E-state index is 4.40. The molecule has 0 N–H and O–H groups in total. The van der Waals surface area contributed by atoms with E-state index in [0.29, 0.717) is 0 Å². The first-order valence-corrected chi connectivity index (χ1v) is 9.95. The number of thiophene rings is 1. The number of tetrazole rings is 1. The van der Waals surface area contributed by atoms with Gasteiger partial charge in [0.2, 0.25) is 5.95 Å². The molecule has 27 heavy (non-hydrogen) atoms. The zero-order valence-corrected chi connectivity index (χ0v) is 15.5. The van der Waals surface area contributed by atoms with Crippen molar-refractivity contribution in [3.05, 3.63) is 94.2 Å². The lowest BCUT2D eigenvalue weighted by molar-refractivity contribution is 0.379. The molecule has 2 aromatic carbocycles. The van der Waals surface area contributed by atoms with E-state index in [-0.39, 0.29) is 12.1 Å². The first-order valence-electron chi connectivity index (χ1n) is 9.07. The Labute approximate surface area is 161 Å². The molecule has 3 heterocycles. The zero-order valence-electron chi connectivity index (χ0n) is 14.7. The molecule has 6 heteroatoms. The molecule has 4 aromatic rings. The largest absolute Gasteiger partial charge is 0.327 e. The summed E-state index contributed by atoms with van der Waals surface area (Å²) in [6.45, 7) is 0.783. The summed E-state index contributed by atoms with van der Waals surface area (Å²) in [7, 11) is 0. The van der Waals surface area contributed by atoms with Crippen LogP contribution in [0.3, 0.4) is 0 Å². The fourth-order valence-corrected chi connectivity index (χ4v) is 4.67. The Morgan fingerprint density at radius 1 is 0.889 bits per heavy atom. The monoisotopic (exact) mass is 373 g/mol. The highest BCUT2D eigenvalue weighted by atomic mass is 32.1. The molecule has 5 rings (SSSR count). The summed E-state index contributed by atoms with van der Waals surface area (Å²) in [4.78, 5) is 3.68. The minimum absolute atomic E-state index is 0.135. The average Bonchev–Trinajstić information content (AvgIpc) is 3.42. The smallest absolute Gasteiger partial charge is 0.246 e. The summed E-state index contributed by atoms with van der Waals surface area (Å²) in [5, 5.41) is 14.9. The highest BCUT2D eigenvalue weighted by molar-refractivity contribution is 7.10. The fourth-order valence-electron chi connectivity index (χ4n) is 3.82. The van der Waals surface area contributed by atoms with E-state index >= 15 is 0 Å². The third-order valence-corrected chi connectivity index (χ3v) is 6.08. The maximum atomic E-state index is 4.40. The number of rotatable bonds is 4. The number of hydrogen-bond acceptors (Lipinski definition) is 5. The third-order valence-electron chi connectivity index (χ3n) is 5.10. The van der Waals surface area contributed by atoms with Crippen LogP contribution in [-0.2, 0) is 6.54 Å². The van der Waals surface area contributed by atoms with Crippen LogP contribution in [0.1, 0.15) is 34.5 Å². The Kier molecular flexibility index (Phi) is 4.18. The van der Waals surface area contributed by atoms with Gasteiger partial charge in [-0.05, 0) is 39.4 Å². The van der Waals surface area contributed by atoms with Crippen LogP contribution in [0.25, 0.3) is 0 Å². The van der Waals surface area contributed by atoms with Crippen LogP contribution in [-0.4, -0.2) is 20.2 Å². The molecule has 0 saturated carbocycles. The van der Waals surface area contributed by atoms with Gasteiger partial charge in [0.25, 0.3) is 0 Å². The Hall–Kier alpha value is -2.99.